The number of hydrogen-bond acceptors (Lipinski definition) is 1. The SMILES string of the molecule is C[N+](C)(C)CC1(CO)CC1. The van der Waals surface area contributed by atoms with E-state index in [1.165, 1.54) is 12.8 Å². The Balaban J connectivity index is 2.38. The van der Waals surface area contributed by atoms with Gasteiger partial charge in [0.2, 0.25) is 0 Å². The van der Waals surface area contributed by atoms with Crippen LogP contribution in [-0.2, 0) is 0 Å². The summed E-state index contributed by atoms with van der Waals surface area (Å²) in [6.45, 7) is 1.49. The molecule has 1 saturated carbocycles. The van der Waals surface area contributed by atoms with Crippen LogP contribution in [0.3, 0.4) is 0 Å². The zero-order chi connectivity index (χ0) is 7.83. The highest BCUT2D eigenvalue weighted by Gasteiger charge is 2.46. The number of hydrogen-bond donors (Lipinski definition) is 1. The van der Waals surface area contributed by atoms with Gasteiger partial charge in [-0.15, -0.1) is 0 Å². The molecule has 1 aliphatic carbocycles. The molecule has 1 N–H and O–H groups in total. The molecule has 0 atom stereocenters. The molecule has 0 bridgehead atoms. The Hall–Kier alpha value is -0.0800. The summed E-state index contributed by atoms with van der Waals surface area (Å²) in [5, 5.41) is 9.01. The van der Waals surface area contributed by atoms with E-state index in [-0.39, 0.29) is 0 Å². The van der Waals surface area contributed by atoms with Gasteiger partial charge in [0, 0.05) is 5.41 Å². The maximum absolute atomic E-state index is 9.01. The van der Waals surface area contributed by atoms with Crippen LogP contribution in [0.5, 0.6) is 0 Å². The molecule has 0 aromatic rings. The third kappa shape index (κ3) is 1.96. The Morgan fingerprint density at radius 1 is 1.30 bits per heavy atom. The van der Waals surface area contributed by atoms with E-state index in [0.29, 0.717) is 12.0 Å². The highest BCUT2D eigenvalue weighted by atomic mass is 16.3. The molecular weight excluding hydrogens is 126 g/mol. The minimum absolute atomic E-state index is 0.304. The molecule has 0 radical (unpaired) electrons. The molecule has 2 heteroatoms. The maximum atomic E-state index is 9.01. The molecule has 0 amide bonds. The zero-order valence-electron chi connectivity index (χ0n) is 7.22. The number of quaternary nitrogens is 1. The predicted molar refractivity (Wildman–Crippen MR) is 41.7 cm³/mol. The van der Waals surface area contributed by atoms with Gasteiger partial charge in [-0.3, -0.25) is 0 Å². The second-order valence-electron chi connectivity index (χ2n) is 4.61. The molecule has 0 aromatic heterocycles. The van der Waals surface area contributed by atoms with Gasteiger partial charge in [-0.05, 0) is 12.8 Å². The standard InChI is InChI=1S/C8H18NO/c1-9(2,3)6-8(7-10)4-5-8/h10H,4-7H2,1-3H3/q+1. The summed E-state index contributed by atoms with van der Waals surface area (Å²) in [4.78, 5) is 0. The van der Waals surface area contributed by atoms with E-state index in [2.05, 4.69) is 21.1 Å². The Morgan fingerprint density at radius 3 is 1.90 bits per heavy atom. The highest BCUT2D eigenvalue weighted by molar-refractivity contribution is 4.92. The molecule has 0 unspecified atom stereocenters. The second-order valence-corrected chi connectivity index (χ2v) is 4.61. The highest BCUT2D eigenvalue weighted by Crippen LogP contribution is 2.46. The van der Waals surface area contributed by atoms with Crippen molar-refractivity contribution in [1.29, 1.82) is 0 Å². The van der Waals surface area contributed by atoms with Crippen molar-refractivity contribution in [3.8, 4) is 0 Å². The largest absolute Gasteiger partial charge is 0.396 e. The maximum Gasteiger partial charge on any atom is 0.0859 e. The first-order valence-corrected chi connectivity index (χ1v) is 3.89. The number of aliphatic hydroxyl groups excluding tert-OH is 1. The fourth-order valence-electron chi connectivity index (χ4n) is 1.55. The fraction of sp³-hybridized carbons (Fsp3) is 1.00. The van der Waals surface area contributed by atoms with Gasteiger partial charge in [0.15, 0.2) is 0 Å². The average molecular weight is 144 g/mol. The molecule has 1 aliphatic rings. The summed E-state index contributed by atoms with van der Waals surface area (Å²) in [5.74, 6) is 0. The van der Waals surface area contributed by atoms with Crippen molar-refractivity contribution in [3.05, 3.63) is 0 Å². The van der Waals surface area contributed by atoms with E-state index in [0.717, 1.165) is 11.0 Å². The lowest BCUT2D eigenvalue weighted by Crippen LogP contribution is -2.41. The van der Waals surface area contributed by atoms with Gasteiger partial charge < -0.3 is 9.59 Å². The van der Waals surface area contributed by atoms with Gasteiger partial charge in [0.05, 0.1) is 34.3 Å². The first kappa shape index (κ1) is 8.02. The van der Waals surface area contributed by atoms with Gasteiger partial charge in [-0.25, -0.2) is 0 Å². The fourth-order valence-corrected chi connectivity index (χ4v) is 1.55. The lowest BCUT2D eigenvalue weighted by Gasteiger charge is -2.28. The number of nitrogens with zero attached hydrogens (tertiary/aromatic N) is 1. The Labute approximate surface area is 63.1 Å². The molecule has 0 saturated heterocycles. The molecule has 0 aromatic carbocycles. The van der Waals surface area contributed by atoms with Crippen molar-refractivity contribution in [1.82, 2.24) is 0 Å². The quantitative estimate of drug-likeness (QED) is 0.571. The van der Waals surface area contributed by atoms with Crippen LogP contribution in [0, 0.1) is 5.41 Å². The van der Waals surface area contributed by atoms with E-state index >= 15 is 0 Å². The molecule has 1 fully saturated rings. The minimum atomic E-state index is 0.304. The molecule has 0 spiro atoms. The molecule has 0 heterocycles. The molecular formula is C8H18NO+. The normalized spacial score (nSPS) is 22.8. The summed E-state index contributed by atoms with van der Waals surface area (Å²) >= 11 is 0. The second kappa shape index (κ2) is 2.21. The van der Waals surface area contributed by atoms with Crippen LogP contribution in [0.2, 0.25) is 0 Å². The van der Waals surface area contributed by atoms with Gasteiger partial charge >= 0.3 is 0 Å². The zero-order valence-corrected chi connectivity index (χ0v) is 7.22. The van der Waals surface area contributed by atoms with Crippen molar-refractivity contribution >= 4 is 0 Å². The summed E-state index contributed by atoms with van der Waals surface area (Å²) in [6, 6.07) is 0. The monoisotopic (exact) mass is 144 g/mol. The minimum Gasteiger partial charge on any atom is -0.396 e. The van der Waals surface area contributed by atoms with Crippen LogP contribution in [0.15, 0.2) is 0 Å². The topological polar surface area (TPSA) is 20.2 Å². The Morgan fingerprint density at radius 2 is 1.80 bits per heavy atom. The third-order valence-electron chi connectivity index (χ3n) is 2.10. The van der Waals surface area contributed by atoms with E-state index in [1.54, 1.807) is 0 Å². The molecule has 10 heavy (non-hydrogen) atoms. The van der Waals surface area contributed by atoms with Gasteiger partial charge in [-0.1, -0.05) is 0 Å². The van der Waals surface area contributed by atoms with Crippen molar-refractivity contribution in [2.45, 2.75) is 12.8 Å². The van der Waals surface area contributed by atoms with Crippen molar-refractivity contribution in [2.24, 2.45) is 5.41 Å². The summed E-state index contributed by atoms with van der Waals surface area (Å²) in [5.41, 5.74) is 0.304. The van der Waals surface area contributed by atoms with Crippen molar-refractivity contribution < 1.29 is 9.59 Å². The van der Waals surface area contributed by atoms with Crippen LogP contribution in [0.25, 0.3) is 0 Å². The smallest absolute Gasteiger partial charge is 0.0859 e. The van der Waals surface area contributed by atoms with Gasteiger partial charge in [0.1, 0.15) is 0 Å². The Bertz CT molecular complexity index is 122. The van der Waals surface area contributed by atoms with E-state index in [4.69, 9.17) is 5.11 Å². The van der Waals surface area contributed by atoms with Crippen LogP contribution in [0.4, 0.5) is 0 Å². The average Bonchev–Trinajstić information content (AvgIpc) is 2.45. The van der Waals surface area contributed by atoms with Crippen LogP contribution < -0.4 is 0 Å². The number of aliphatic hydroxyl groups is 1. The van der Waals surface area contributed by atoms with Gasteiger partial charge in [0.25, 0.3) is 0 Å². The van der Waals surface area contributed by atoms with E-state index in [9.17, 15) is 0 Å². The van der Waals surface area contributed by atoms with Crippen LogP contribution in [-0.4, -0.2) is 43.9 Å². The van der Waals surface area contributed by atoms with E-state index in [1.807, 2.05) is 0 Å². The first-order chi connectivity index (χ1) is 4.47. The summed E-state index contributed by atoms with van der Waals surface area (Å²) < 4.78 is 0.973. The molecule has 1 rings (SSSR count). The van der Waals surface area contributed by atoms with E-state index < -0.39 is 0 Å². The summed E-state index contributed by atoms with van der Waals surface area (Å²) in [7, 11) is 6.53. The molecule has 2 nitrogen and oxygen atoms in total. The van der Waals surface area contributed by atoms with Crippen molar-refractivity contribution in [2.75, 3.05) is 34.3 Å². The first-order valence-electron chi connectivity index (χ1n) is 3.89. The molecule has 0 aliphatic heterocycles. The lowest BCUT2D eigenvalue weighted by atomic mass is 10.1. The summed E-state index contributed by atoms with van der Waals surface area (Å²) in [6.07, 6.45) is 2.44. The van der Waals surface area contributed by atoms with Gasteiger partial charge in [-0.2, -0.15) is 0 Å². The molecule has 60 valence electrons. The van der Waals surface area contributed by atoms with Crippen LogP contribution in [0.1, 0.15) is 12.8 Å². The third-order valence-corrected chi connectivity index (χ3v) is 2.10. The predicted octanol–water partition coefficient (Wildman–Crippen LogP) is 0.465. The van der Waals surface area contributed by atoms with Crippen molar-refractivity contribution in [3.63, 3.8) is 0 Å². The van der Waals surface area contributed by atoms with Crippen LogP contribution >= 0.6 is 0 Å². The Kier molecular flexibility index (Phi) is 1.77. The number of rotatable bonds is 3. The lowest BCUT2D eigenvalue weighted by molar-refractivity contribution is -0.875.